The van der Waals surface area contributed by atoms with E-state index in [2.05, 4.69) is 4.98 Å². The van der Waals surface area contributed by atoms with Crippen molar-refractivity contribution in [3.05, 3.63) is 17.4 Å². The molecule has 0 radical (unpaired) electrons. The molecule has 0 atom stereocenters. The molecule has 0 bridgehead atoms. The van der Waals surface area contributed by atoms with Gasteiger partial charge in [0.25, 0.3) is 0 Å². The van der Waals surface area contributed by atoms with E-state index in [1.165, 1.54) is 0 Å². The van der Waals surface area contributed by atoms with Crippen LogP contribution in [0.3, 0.4) is 0 Å². The van der Waals surface area contributed by atoms with Crippen molar-refractivity contribution in [3.63, 3.8) is 0 Å². The smallest absolute Gasteiger partial charge is 0.172 e. The van der Waals surface area contributed by atoms with Crippen molar-refractivity contribution in [2.24, 2.45) is 0 Å². The van der Waals surface area contributed by atoms with Crippen molar-refractivity contribution in [3.8, 4) is 5.75 Å². The number of hydrogen-bond donors (Lipinski definition) is 0. The van der Waals surface area contributed by atoms with E-state index in [9.17, 15) is 0 Å². The summed E-state index contributed by atoms with van der Waals surface area (Å²) in [5, 5.41) is 0.416. The second-order valence-corrected chi connectivity index (χ2v) is 3.04. The minimum Gasteiger partial charge on any atom is -0.492 e. The summed E-state index contributed by atoms with van der Waals surface area (Å²) in [6.45, 7) is 0. The van der Waals surface area contributed by atoms with Gasteiger partial charge >= 0.3 is 0 Å². The molecule has 1 rings (SSSR count). The van der Waals surface area contributed by atoms with Crippen LogP contribution in [-0.2, 0) is 0 Å². The molecule has 0 N–H and O–H groups in total. The number of aromatic nitrogens is 1. The first-order valence-corrected chi connectivity index (χ1v) is 4.62. The van der Waals surface area contributed by atoms with E-state index < -0.39 is 0 Å². The number of halogens is 1. The fraction of sp³-hybridized carbons (Fsp3) is 0.286. The molecule has 1 aromatic rings. The van der Waals surface area contributed by atoms with Gasteiger partial charge < -0.3 is 4.74 Å². The number of rotatable bonds is 2. The first-order chi connectivity index (χ1) is 5.29. The molecule has 0 aliphatic rings. The van der Waals surface area contributed by atoms with Gasteiger partial charge in [-0.3, -0.25) is 0 Å². The van der Waals surface area contributed by atoms with Crippen LogP contribution in [0.25, 0.3) is 0 Å². The maximum atomic E-state index is 5.76. The third-order valence-electron chi connectivity index (χ3n) is 1.25. The van der Waals surface area contributed by atoms with Crippen molar-refractivity contribution in [2.45, 2.75) is 4.90 Å². The quantitative estimate of drug-likeness (QED) is 0.527. The SMILES string of the molecule is COc1c(SC)ccnc1Cl. The fourth-order valence-corrected chi connectivity index (χ4v) is 1.61. The molecule has 0 saturated carbocycles. The van der Waals surface area contributed by atoms with Crippen LogP contribution in [0.15, 0.2) is 17.2 Å². The standard InChI is InChI=1S/C7H8ClNOS/c1-10-6-5(11-2)3-4-9-7(6)8/h3-4H,1-2H3. The van der Waals surface area contributed by atoms with Crippen molar-refractivity contribution in [2.75, 3.05) is 13.4 Å². The molecule has 4 heteroatoms. The van der Waals surface area contributed by atoms with Gasteiger partial charge in [-0.15, -0.1) is 11.8 Å². The van der Waals surface area contributed by atoms with Crippen LogP contribution in [0, 0.1) is 0 Å². The van der Waals surface area contributed by atoms with E-state index in [0.717, 1.165) is 4.90 Å². The van der Waals surface area contributed by atoms with Crippen LogP contribution in [0.4, 0.5) is 0 Å². The molecule has 1 aromatic heterocycles. The first kappa shape index (κ1) is 8.68. The molecule has 0 saturated heterocycles. The average molecular weight is 190 g/mol. The van der Waals surface area contributed by atoms with Gasteiger partial charge in [-0.2, -0.15) is 0 Å². The van der Waals surface area contributed by atoms with Gasteiger partial charge in [0.2, 0.25) is 0 Å². The van der Waals surface area contributed by atoms with Crippen LogP contribution in [0.1, 0.15) is 0 Å². The fourth-order valence-electron chi connectivity index (χ4n) is 0.752. The highest BCUT2D eigenvalue weighted by atomic mass is 35.5. The van der Waals surface area contributed by atoms with E-state index in [1.54, 1.807) is 25.1 Å². The third-order valence-corrected chi connectivity index (χ3v) is 2.28. The highest BCUT2D eigenvalue weighted by Crippen LogP contribution is 2.31. The summed E-state index contributed by atoms with van der Waals surface area (Å²) in [6, 6.07) is 1.87. The first-order valence-electron chi connectivity index (χ1n) is 3.02. The molecule has 2 nitrogen and oxygen atoms in total. The maximum Gasteiger partial charge on any atom is 0.172 e. The van der Waals surface area contributed by atoms with E-state index in [-0.39, 0.29) is 0 Å². The predicted octanol–water partition coefficient (Wildman–Crippen LogP) is 2.47. The Balaban J connectivity index is 3.13. The number of thioether (sulfide) groups is 1. The molecule has 0 fully saturated rings. The van der Waals surface area contributed by atoms with E-state index in [1.807, 2.05) is 12.3 Å². The van der Waals surface area contributed by atoms with Crippen molar-refractivity contribution >= 4 is 23.4 Å². The molecular weight excluding hydrogens is 182 g/mol. The summed E-state index contributed by atoms with van der Waals surface area (Å²) >= 11 is 7.34. The summed E-state index contributed by atoms with van der Waals surface area (Å²) in [4.78, 5) is 4.89. The molecule has 0 aliphatic heterocycles. The van der Waals surface area contributed by atoms with Crippen LogP contribution in [0.5, 0.6) is 5.75 Å². The zero-order valence-electron chi connectivity index (χ0n) is 6.30. The Bertz CT molecular complexity index is 254. The van der Waals surface area contributed by atoms with Gasteiger partial charge in [0.05, 0.1) is 12.0 Å². The highest BCUT2D eigenvalue weighted by Gasteiger charge is 2.05. The molecule has 60 valence electrons. The molecule has 0 unspecified atom stereocenters. The minimum atomic E-state index is 0.416. The summed E-state index contributed by atoms with van der Waals surface area (Å²) in [5.41, 5.74) is 0. The number of methoxy groups -OCH3 is 1. The lowest BCUT2D eigenvalue weighted by molar-refractivity contribution is 0.403. The Kier molecular flexibility index (Phi) is 3.02. The zero-order valence-corrected chi connectivity index (χ0v) is 7.87. The Hall–Kier alpha value is -0.410. The second kappa shape index (κ2) is 3.83. The largest absolute Gasteiger partial charge is 0.492 e. The molecule has 0 spiro atoms. The summed E-state index contributed by atoms with van der Waals surface area (Å²) < 4.78 is 5.05. The molecule has 0 aromatic carbocycles. The predicted molar refractivity (Wildman–Crippen MR) is 47.6 cm³/mol. The zero-order chi connectivity index (χ0) is 8.27. The lowest BCUT2D eigenvalue weighted by Crippen LogP contribution is -1.88. The summed E-state index contributed by atoms with van der Waals surface area (Å²) in [6.07, 6.45) is 3.63. The minimum absolute atomic E-state index is 0.416. The van der Waals surface area contributed by atoms with Crippen LogP contribution in [-0.4, -0.2) is 18.3 Å². The third kappa shape index (κ3) is 1.79. The van der Waals surface area contributed by atoms with Gasteiger partial charge in [-0.05, 0) is 12.3 Å². The van der Waals surface area contributed by atoms with E-state index in [4.69, 9.17) is 16.3 Å². The molecule has 0 aliphatic carbocycles. The van der Waals surface area contributed by atoms with Crippen LogP contribution >= 0.6 is 23.4 Å². The summed E-state index contributed by atoms with van der Waals surface area (Å²) in [7, 11) is 1.59. The van der Waals surface area contributed by atoms with Crippen LogP contribution in [0.2, 0.25) is 5.15 Å². The molecular formula is C7H8ClNOS. The molecule has 11 heavy (non-hydrogen) atoms. The number of ether oxygens (including phenoxy) is 1. The number of hydrogen-bond acceptors (Lipinski definition) is 3. The molecule has 0 amide bonds. The summed E-state index contributed by atoms with van der Waals surface area (Å²) in [5.74, 6) is 0.654. The average Bonchev–Trinajstić information content (AvgIpc) is 2.04. The maximum absolute atomic E-state index is 5.76. The topological polar surface area (TPSA) is 22.1 Å². The van der Waals surface area contributed by atoms with Crippen LogP contribution < -0.4 is 4.74 Å². The number of nitrogens with zero attached hydrogens (tertiary/aromatic N) is 1. The lowest BCUT2D eigenvalue weighted by atomic mass is 10.4. The number of pyridine rings is 1. The van der Waals surface area contributed by atoms with Gasteiger partial charge in [0.15, 0.2) is 10.9 Å². The lowest BCUT2D eigenvalue weighted by Gasteiger charge is -2.05. The van der Waals surface area contributed by atoms with E-state index in [0.29, 0.717) is 10.9 Å². The van der Waals surface area contributed by atoms with Gasteiger partial charge in [-0.25, -0.2) is 4.98 Å². The van der Waals surface area contributed by atoms with Gasteiger partial charge in [0, 0.05) is 6.20 Å². The highest BCUT2D eigenvalue weighted by molar-refractivity contribution is 7.98. The van der Waals surface area contributed by atoms with Crippen molar-refractivity contribution in [1.29, 1.82) is 0 Å². The van der Waals surface area contributed by atoms with Gasteiger partial charge in [0.1, 0.15) is 0 Å². The Morgan fingerprint density at radius 2 is 2.36 bits per heavy atom. The normalized spacial score (nSPS) is 9.73. The monoisotopic (exact) mass is 189 g/mol. The molecule has 1 heterocycles. The van der Waals surface area contributed by atoms with Crippen molar-refractivity contribution < 1.29 is 4.74 Å². The Morgan fingerprint density at radius 3 is 2.82 bits per heavy atom. The van der Waals surface area contributed by atoms with E-state index >= 15 is 0 Å². The second-order valence-electron chi connectivity index (χ2n) is 1.84. The Morgan fingerprint density at radius 1 is 1.64 bits per heavy atom. The van der Waals surface area contributed by atoms with Gasteiger partial charge in [-0.1, -0.05) is 11.6 Å². The Labute approximate surface area is 74.9 Å². The van der Waals surface area contributed by atoms with Crippen molar-refractivity contribution in [1.82, 2.24) is 4.98 Å².